The first-order valence-corrected chi connectivity index (χ1v) is 9.75. The maximum atomic E-state index is 13.4. The summed E-state index contributed by atoms with van der Waals surface area (Å²) < 4.78 is 26.8. The molecule has 0 aliphatic rings. The van der Waals surface area contributed by atoms with Gasteiger partial charge in [0.15, 0.2) is 0 Å². The minimum absolute atomic E-state index is 0.205. The van der Waals surface area contributed by atoms with Crippen molar-refractivity contribution in [1.29, 1.82) is 0 Å². The van der Waals surface area contributed by atoms with Crippen LogP contribution in [0.1, 0.15) is 11.1 Å². The quantitative estimate of drug-likeness (QED) is 0.358. The van der Waals surface area contributed by atoms with Gasteiger partial charge in [-0.3, -0.25) is 0 Å². The van der Waals surface area contributed by atoms with Crippen molar-refractivity contribution in [3.63, 3.8) is 0 Å². The van der Waals surface area contributed by atoms with Gasteiger partial charge in [-0.15, -0.1) is 0 Å². The molecule has 0 aliphatic heterocycles. The molecule has 0 aliphatic carbocycles. The third kappa shape index (κ3) is 4.49. The lowest BCUT2D eigenvalue weighted by Crippen LogP contribution is -1.93. The molecule has 0 unspecified atom stereocenters. The molecule has 0 saturated carbocycles. The van der Waals surface area contributed by atoms with Crippen molar-refractivity contribution in [3.05, 3.63) is 108 Å². The number of hydrogen-bond donors (Lipinski definition) is 2. The van der Waals surface area contributed by atoms with Gasteiger partial charge in [-0.2, -0.15) is 0 Å². The Balaban J connectivity index is 1.44. The molecule has 30 heavy (non-hydrogen) atoms. The maximum Gasteiger partial charge on any atom is 0.126 e. The van der Waals surface area contributed by atoms with Crippen molar-refractivity contribution in [2.24, 2.45) is 0 Å². The normalized spacial score (nSPS) is 10.7. The predicted molar refractivity (Wildman–Crippen MR) is 121 cm³/mol. The van der Waals surface area contributed by atoms with Crippen LogP contribution in [0.25, 0.3) is 11.1 Å². The predicted octanol–water partition coefficient (Wildman–Crippen LogP) is 7.74. The van der Waals surface area contributed by atoms with Crippen molar-refractivity contribution in [1.82, 2.24) is 0 Å². The highest BCUT2D eigenvalue weighted by Crippen LogP contribution is 2.26. The number of anilines is 4. The van der Waals surface area contributed by atoms with E-state index >= 15 is 0 Å². The first kappa shape index (κ1) is 19.6. The van der Waals surface area contributed by atoms with Gasteiger partial charge in [0.2, 0.25) is 0 Å². The van der Waals surface area contributed by atoms with Crippen LogP contribution in [0.4, 0.5) is 31.5 Å². The largest absolute Gasteiger partial charge is 0.356 e. The molecular formula is C26H22F2N2. The summed E-state index contributed by atoms with van der Waals surface area (Å²) in [7, 11) is 0. The van der Waals surface area contributed by atoms with Crippen LogP contribution in [0.5, 0.6) is 0 Å². The van der Waals surface area contributed by atoms with Gasteiger partial charge >= 0.3 is 0 Å². The van der Waals surface area contributed by atoms with E-state index in [1.54, 1.807) is 38.1 Å². The van der Waals surface area contributed by atoms with Gasteiger partial charge in [0, 0.05) is 22.7 Å². The standard InChI is InChI=1S/C26H22F2N2/c1-17-15-23(11-13-25(17)27)29-21-7-3-19(4-8-21)20-5-9-22(10-6-20)30-24-12-14-26(28)18(2)16-24/h3-16,29-30H,1-2H3. The monoisotopic (exact) mass is 400 g/mol. The first-order chi connectivity index (χ1) is 14.5. The van der Waals surface area contributed by atoms with Crippen molar-refractivity contribution >= 4 is 22.7 Å². The van der Waals surface area contributed by atoms with Gasteiger partial charge in [-0.25, -0.2) is 8.78 Å². The molecule has 0 heterocycles. The fraction of sp³-hybridized carbons (Fsp3) is 0.0769. The molecule has 4 aromatic carbocycles. The zero-order chi connectivity index (χ0) is 21.1. The molecular weight excluding hydrogens is 378 g/mol. The van der Waals surface area contributed by atoms with Crippen LogP contribution >= 0.6 is 0 Å². The Labute approximate surface area is 175 Å². The number of benzene rings is 4. The molecule has 150 valence electrons. The Hall–Kier alpha value is -3.66. The number of aryl methyl sites for hydroxylation is 2. The molecule has 0 radical (unpaired) electrons. The Morgan fingerprint density at radius 3 is 1.13 bits per heavy atom. The smallest absolute Gasteiger partial charge is 0.126 e. The topological polar surface area (TPSA) is 24.1 Å². The molecule has 0 aromatic heterocycles. The van der Waals surface area contributed by atoms with Crippen LogP contribution < -0.4 is 10.6 Å². The van der Waals surface area contributed by atoms with E-state index in [1.165, 1.54) is 12.1 Å². The number of nitrogens with one attached hydrogen (secondary N) is 2. The van der Waals surface area contributed by atoms with E-state index in [0.29, 0.717) is 11.1 Å². The van der Waals surface area contributed by atoms with Gasteiger partial charge in [0.05, 0.1) is 0 Å². The summed E-state index contributed by atoms with van der Waals surface area (Å²) in [5.41, 5.74) is 7.01. The zero-order valence-electron chi connectivity index (χ0n) is 16.8. The van der Waals surface area contributed by atoms with Gasteiger partial charge in [-0.05, 0) is 96.8 Å². The van der Waals surface area contributed by atoms with Crippen LogP contribution in [-0.4, -0.2) is 0 Å². The van der Waals surface area contributed by atoms with E-state index in [9.17, 15) is 8.78 Å². The highest BCUT2D eigenvalue weighted by molar-refractivity contribution is 5.71. The van der Waals surface area contributed by atoms with Crippen LogP contribution in [0, 0.1) is 25.5 Å². The summed E-state index contributed by atoms with van der Waals surface area (Å²) in [5.74, 6) is -0.410. The lowest BCUT2D eigenvalue weighted by molar-refractivity contribution is 0.618. The van der Waals surface area contributed by atoms with Gasteiger partial charge in [0.1, 0.15) is 11.6 Å². The van der Waals surface area contributed by atoms with E-state index in [4.69, 9.17) is 0 Å². The van der Waals surface area contributed by atoms with Crippen LogP contribution in [0.3, 0.4) is 0 Å². The van der Waals surface area contributed by atoms with Crippen molar-refractivity contribution in [2.45, 2.75) is 13.8 Å². The lowest BCUT2D eigenvalue weighted by Gasteiger charge is -2.10. The van der Waals surface area contributed by atoms with E-state index < -0.39 is 0 Å². The summed E-state index contributed by atoms with van der Waals surface area (Å²) >= 11 is 0. The highest BCUT2D eigenvalue weighted by Gasteiger charge is 2.03. The molecule has 0 atom stereocenters. The average Bonchev–Trinajstić information content (AvgIpc) is 2.75. The van der Waals surface area contributed by atoms with Crippen LogP contribution in [0.2, 0.25) is 0 Å². The molecule has 2 nitrogen and oxygen atoms in total. The minimum atomic E-state index is -0.205. The summed E-state index contributed by atoms with van der Waals surface area (Å²) in [6.45, 7) is 3.50. The maximum absolute atomic E-state index is 13.4. The fourth-order valence-corrected chi connectivity index (χ4v) is 3.27. The molecule has 0 spiro atoms. The van der Waals surface area contributed by atoms with E-state index in [-0.39, 0.29) is 11.6 Å². The van der Waals surface area contributed by atoms with Crippen molar-refractivity contribution < 1.29 is 8.78 Å². The SMILES string of the molecule is Cc1cc(Nc2ccc(-c3ccc(Nc4ccc(F)c(C)c4)cc3)cc2)ccc1F. The fourth-order valence-electron chi connectivity index (χ4n) is 3.27. The lowest BCUT2D eigenvalue weighted by atomic mass is 10.0. The van der Waals surface area contributed by atoms with E-state index in [2.05, 4.69) is 10.6 Å². The Morgan fingerprint density at radius 2 is 0.800 bits per heavy atom. The third-order valence-corrected chi connectivity index (χ3v) is 5.00. The molecule has 0 amide bonds. The van der Waals surface area contributed by atoms with Crippen LogP contribution in [0.15, 0.2) is 84.9 Å². The molecule has 0 bridgehead atoms. The zero-order valence-corrected chi connectivity index (χ0v) is 16.8. The Bertz CT molecular complexity index is 1070. The molecule has 2 N–H and O–H groups in total. The summed E-state index contributed by atoms with van der Waals surface area (Å²) in [6, 6.07) is 26.2. The minimum Gasteiger partial charge on any atom is -0.356 e. The van der Waals surface area contributed by atoms with Crippen LogP contribution in [-0.2, 0) is 0 Å². The number of hydrogen-bond acceptors (Lipinski definition) is 2. The average molecular weight is 400 g/mol. The second kappa shape index (κ2) is 8.37. The molecule has 4 aromatic rings. The van der Waals surface area contributed by atoms with Gasteiger partial charge < -0.3 is 10.6 Å². The third-order valence-electron chi connectivity index (χ3n) is 5.00. The second-order valence-corrected chi connectivity index (χ2v) is 7.33. The number of rotatable bonds is 5. The van der Waals surface area contributed by atoms with E-state index in [0.717, 1.165) is 33.9 Å². The molecule has 0 saturated heterocycles. The molecule has 4 rings (SSSR count). The highest BCUT2D eigenvalue weighted by atomic mass is 19.1. The summed E-state index contributed by atoms with van der Waals surface area (Å²) in [5, 5.41) is 6.58. The Morgan fingerprint density at radius 1 is 0.467 bits per heavy atom. The van der Waals surface area contributed by atoms with Gasteiger partial charge in [0.25, 0.3) is 0 Å². The summed E-state index contributed by atoms with van der Waals surface area (Å²) in [6.07, 6.45) is 0. The number of halogens is 2. The van der Waals surface area contributed by atoms with E-state index in [1.807, 2.05) is 48.5 Å². The Kier molecular flexibility index (Phi) is 5.48. The molecule has 4 heteroatoms. The molecule has 0 fully saturated rings. The summed E-state index contributed by atoms with van der Waals surface area (Å²) in [4.78, 5) is 0. The van der Waals surface area contributed by atoms with Crippen molar-refractivity contribution in [3.8, 4) is 11.1 Å². The van der Waals surface area contributed by atoms with Gasteiger partial charge in [-0.1, -0.05) is 24.3 Å². The first-order valence-electron chi connectivity index (χ1n) is 9.75. The second-order valence-electron chi connectivity index (χ2n) is 7.33. The van der Waals surface area contributed by atoms with Crippen molar-refractivity contribution in [2.75, 3.05) is 10.6 Å².